The highest BCUT2D eigenvalue weighted by Gasteiger charge is 2.30. The lowest BCUT2D eigenvalue weighted by Crippen LogP contribution is -2.04. The molecular formula is C15H11F3N6S. The summed E-state index contributed by atoms with van der Waals surface area (Å²) < 4.78 is 41.9. The van der Waals surface area contributed by atoms with Gasteiger partial charge in [-0.1, -0.05) is 23.5 Å². The first-order chi connectivity index (χ1) is 11.8. The third-order valence-corrected chi connectivity index (χ3v) is 4.61. The summed E-state index contributed by atoms with van der Waals surface area (Å²) in [7, 11) is 1.78. The molecule has 0 bridgehead atoms. The van der Waals surface area contributed by atoms with Gasteiger partial charge >= 0.3 is 6.18 Å². The molecule has 0 aliphatic rings. The first-order valence-electron chi connectivity index (χ1n) is 7.24. The minimum absolute atomic E-state index is 0.387. The van der Waals surface area contributed by atoms with Gasteiger partial charge in [0.25, 0.3) is 0 Å². The number of fused-ring (bicyclic) bond motifs is 1. The van der Waals surface area contributed by atoms with Crippen molar-refractivity contribution in [1.82, 2.24) is 29.6 Å². The van der Waals surface area contributed by atoms with Crippen molar-refractivity contribution in [3.63, 3.8) is 0 Å². The number of rotatable bonds is 2. The Balaban J connectivity index is 1.82. The van der Waals surface area contributed by atoms with Gasteiger partial charge in [0, 0.05) is 12.6 Å². The van der Waals surface area contributed by atoms with Gasteiger partial charge in [0.2, 0.25) is 10.8 Å². The third-order valence-electron chi connectivity index (χ3n) is 3.66. The number of hydrogen-bond donors (Lipinski definition) is 0. The fourth-order valence-corrected chi connectivity index (χ4v) is 3.38. The number of hydrogen-bond acceptors (Lipinski definition) is 5. The number of benzene rings is 1. The molecule has 10 heteroatoms. The van der Waals surface area contributed by atoms with E-state index in [2.05, 4.69) is 20.4 Å². The molecule has 4 rings (SSSR count). The van der Waals surface area contributed by atoms with E-state index in [4.69, 9.17) is 0 Å². The highest BCUT2D eigenvalue weighted by Crippen LogP contribution is 2.34. The van der Waals surface area contributed by atoms with Gasteiger partial charge in [0.05, 0.1) is 11.3 Å². The lowest BCUT2D eigenvalue weighted by atomic mass is 10.1. The van der Waals surface area contributed by atoms with E-state index in [1.165, 1.54) is 21.9 Å². The van der Waals surface area contributed by atoms with Gasteiger partial charge in [0.1, 0.15) is 10.7 Å². The molecule has 0 unspecified atom stereocenters. The first kappa shape index (κ1) is 15.8. The van der Waals surface area contributed by atoms with Crippen molar-refractivity contribution in [3.8, 4) is 22.1 Å². The van der Waals surface area contributed by atoms with Crippen LogP contribution >= 0.6 is 11.3 Å². The summed E-state index contributed by atoms with van der Waals surface area (Å²) >= 11 is 1.18. The van der Waals surface area contributed by atoms with Crippen LogP contribution in [0.25, 0.3) is 27.1 Å². The van der Waals surface area contributed by atoms with Crippen LogP contribution in [0.2, 0.25) is 0 Å². The van der Waals surface area contributed by atoms with Crippen LogP contribution in [0.3, 0.4) is 0 Å². The topological polar surface area (TPSA) is 60.9 Å². The number of aromatic nitrogens is 6. The summed E-state index contributed by atoms with van der Waals surface area (Å²) in [5.74, 6) is 0.493. The van der Waals surface area contributed by atoms with E-state index in [0.717, 1.165) is 23.5 Å². The fourth-order valence-electron chi connectivity index (χ4n) is 2.54. The molecule has 128 valence electrons. The largest absolute Gasteiger partial charge is 0.416 e. The summed E-state index contributed by atoms with van der Waals surface area (Å²) in [6.07, 6.45) is -4.40. The minimum atomic E-state index is -4.40. The standard InChI is InChI=1S/C15H11F3N6S/c1-8-6-11(23(2)21-8)12-19-20-14-24(12)22-13(25-14)9-4-3-5-10(7-9)15(16,17)18/h3-7H,1-2H3. The zero-order valence-corrected chi connectivity index (χ0v) is 13.9. The van der Waals surface area contributed by atoms with Gasteiger partial charge in [-0.15, -0.1) is 10.2 Å². The van der Waals surface area contributed by atoms with Crippen molar-refractivity contribution >= 4 is 16.3 Å². The predicted octanol–water partition coefficient (Wildman–Crippen LogP) is 3.58. The van der Waals surface area contributed by atoms with Crippen molar-refractivity contribution in [2.24, 2.45) is 7.05 Å². The van der Waals surface area contributed by atoms with Crippen LogP contribution in [0.4, 0.5) is 13.2 Å². The van der Waals surface area contributed by atoms with Gasteiger partial charge in [-0.3, -0.25) is 4.68 Å². The molecule has 0 radical (unpaired) electrons. The molecule has 0 N–H and O–H groups in total. The second-order valence-electron chi connectivity index (χ2n) is 5.50. The highest BCUT2D eigenvalue weighted by molar-refractivity contribution is 7.19. The average molecular weight is 364 g/mol. The second kappa shape index (κ2) is 5.38. The molecule has 0 aliphatic heterocycles. The minimum Gasteiger partial charge on any atom is -0.264 e. The molecule has 0 spiro atoms. The van der Waals surface area contributed by atoms with Crippen LogP contribution in [0.1, 0.15) is 11.3 Å². The number of aryl methyl sites for hydroxylation is 2. The first-order valence-corrected chi connectivity index (χ1v) is 8.05. The van der Waals surface area contributed by atoms with Gasteiger partial charge in [-0.2, -0.15) is 27.9 Å². The average Bonchev–Trinajstić information content (AvgIpc) is 3.20. The molecule has 0 amide bonds. The maximum atomic E-state index is 12.9. The van der Waals surface area contributed by atoms with Gasteiger partial charge < -0.3 is 0 Å². The quantitative estimate of drug-likeness (QED) is 0.545. The maximum Gasteiger partial charge on any atom is 0.416 e. The molecule has 6 nitrogen and oxygen atoms in total. The molecule has 3 aromatic heterocycles. The van der Waals surface area contributed by atoms with E-state index in [1.54, 1.807) is 17.8 Å². The SMILES string of the molecule is Cc1cc(-c2nnc3sc(-c4cccc(C(F)(F)F)c4)nn23)n(C)n1. The molecule has 4 aromatic rings. The van der Waals surface area contributed by atoms with Crippen molar-refractivity contribution in [2.75, 3.05) is 0 Å². The van der Waals surface area contributed by atoms with Gasteiger partial charge in [-0.25, -0.2) is 0 Å². The van der Waals surface area contributed by atoms with Crippen LogP contribution in [-0.4, -0.2) is 29.6 Å². The third kappa shape index (κ3) is 2.68. The lowest BCUT2D eigenvalue weighted by molar-refractivity contribution is -0.137. The highest BCUT2D eigenvalue weighted by atomic mass is 32.1. The Morgan fingerprint density at radius 3 is 2.56 bits per heavy atom. The van der Waals surface area contributed by atoms with Crippen molar-refractivity contribution in [3.05, 3.63) is 41.6 Å². The molecule has 0 fully saturated rings. The maximum absolute atomic E-state index is 12.9. The van der Waals surface area contributed by atoms with Crippen LogP contribution in [0, 0.1) is 6.92 Å². The molecule has 0 saturated carbocycles. The Hall–Kier alpha value is -2.75. The van der Waals surface area contributed by atoms with E-state index < -0.39 is 11.7 Å². The monoisotopic (exact) mass is 364 g/mol. The second-order valence-corrected chi connectivity index (χ2v) is 6.45. The Morgan fingerprint density at radius 1 is 1.08 bits per heavy atom. The smallest absolute Gasteiger partial charge is 0.264 e. The Morgan fingerprint density at radius 2 is 1.88 bits per heavy atom. The summed E-state index contributed by atoms with van der Waals surface area (Å²) in [4.78, 5) is 0.501. The zero-order valence-electron chi connectivity index (χ0n) is 13.1. The normalized spacial score (nSPS) is 12.2. The van der Waals surface area contributed by atoms with Crippen molar-refractivity contribution in [2.45, 2.75) is 13.1 Å². The summed E-state index contributed by atoms with van der Waals surface area (Å²) in [6.45, 7) is 1.86. The van der Waals surface area contributed by atoms with Crippen LogP contribution in [0.5, 0.6) is 0 Å². The zero-order chi connectivity index (χ0) is 17.8. The number of alkyl halides is 3. The summed E-state index contributed by atoms with van der Waals surface area (Å²) in [5, 5.41) is 17.3. The molecule has 25 heavy (non-hydrogen) atoms. The van der Waals surface area contributed by atoms with E-state index in [0.29, 0.717) is 21.4 Å². The van der Waals surface area contributed by atoms with Crippen molar-refractivity contribution in [1.29, 1.82) is 0 Å². The Kier molecular flexibility index (Phi) is 3.39. The molecule has 0 atom stereocenters. The van der Waals surface area contributed by atoms with E-state index in [1.807, 2.05) is 13.0 Å². The van der Waals surface area contributed by atoms with Crippen LogP contribution in [0.15, 0.2) is 30.3 Å². The molecular weight excluding hydrogens is 353 g/mol. The molecule has 3 heterocycles. The summed E-state index contributed by atoms with van der Waals surface area (Å²) in [5.41, 5.74) is 1.23. The lowest BCUT2D eigenvalue weighted by Gasteiger charge is -2.06. The van der Waals surface area contributed by atoms with Crippen LogP contribution < -0.4 is 0 Å². The van der Waals surface area contributed by atoms with Crippen molar-refractivity contribution < 1.29 is 13.2 Å². The Labute approximate surface area is 143 Å². The molecule has 0 aliphatic carbocycles. The number of nitrogens with zero attached hydrogens (tertiary/aromatic N) is 6. The van der Waals surface area contributed by atoms with Gasteiger partial charge in [0.15, 0.2) is 0 Å². The fraction of sp³-hybridized carbons (Fsp3) is 0.200. The van der Waals surface area contributed by atoms with E-state index >= 15 is 0 Å². The number of halogens is 3. The Bertz CT molecular complexity index is 1070. The van der Waals surface area contributed by atoms with Gasteiger partial charge in [-0.05, 0) is 25.1 Å². The van der Waals surface area contributed by atoms with Crippen LogP contribution in [-0.2, 0) is 13.2 Å². The van der Waals surface area contributed by atoms with E-state index in [9.17, 15) is 13.2 Å². The summed E-state index contributed by atoms with van der Waals surface area (Å²) in [6, 6.07) is 6.92. The molecule has 0 saturated heterocycles. The predicted molar refractivity (Wildman–Crippen MR) is 86.0 cm³/mol. The van der Waals surface area contributed by atoms with E-state index in [-0.39, 0.29) is 0 Å². The molecule has 1 aromatic carbocycles.